The quantitative estimate of drug-likeness (QED) is 0.842. The third-order valence-corrected chi connectivity index (χ3v) is 5.86. The van der Waals surface area contributed by atoms with E-state index in [4.69, 9.17) is 4.74 Å². The zero-order valence-corrected chi connectivity index (χ0v) is 14.5. The van der Waals surface area contributed by atoms with Crippen LogP contribution in [0, 0.1) is 0 Å². The van der Waals surface area contributed by atoms with Gasteiger partial charge in [0.25, 0.3) is 0 Å². The largest absolute Gasteiger partial charge is 0.450 e. The molecule has 0 unspecified atom stereocenters. The fraction of sp³-hybridized carbons (Fsp3) is 0.562. The number of aryl methyl sites for hydroxylation is 1. The van der Waals surface area contributed by atoms with E-state index in [2.05, 4.69) is 0 Å². The molecular weight excluding hydrogens is 316 g/mol. The van der Waals surface area contributed by atoms with Crippen molar-refractivity contribution in [3.05, 3.63) is 29.8 Å². The number of carbonyl (C=O) groups excluding carboxylic acids is 1. The number of benzene rings is 1. The van der Waals surface area contributed by atoms with Crippen molar-refractivity contribution in [1.82, 2.24) is 9.21 Å². The molecule has 23 heavy (non-hydrogen) atoms. The predicted octanol–water partition coefficient (Wildman–Crippen LogP) is 2.10. The molecule has 1 aromatic rings. The van der Waals surface area contributed by atoms with Crippen LogP contribution in [-0.4, -0.2) is 56.5 Å². The van der Waals surface area contributed by atoms with E-state index in [-0.39, 0.29) is 12.6 Å². The van der Waals surface area contributed by atoms with E-state index in [0.29, 0.717) is 37.6 Å². The molecule has 1 amide bonds. The van der Waals surface area contributed by atoms with Crippen molar-refractivity contribution in [2.75, 3.05) is 32.8 Å². The molecule has 128 valence electrons. The molecule has 0 saturated carbocycles. The minimum atomic E-state index is -3.52. The van der Waals surface area contributed by atoms with Crippen LogP contribution in [0.3, 0.4) is 0 Å². The van der Waals surface area contributed by atoms with Crippen LogP contribution in [0.25, 0.3) is 0 Å². The maximum Gasteiger partial charge on any atom is 0.409 e. The van der Waals surface area contributed by atoms with Gasteiger partial charge in [0.15, 0.2) is 0 Å². The van der Waals surface area contributed by atoms with Crippen LogP contribution in [-0.2, 0) is 21.2 Å². The van der Waals surface area contributed by atoms with E-state index in [1.807, 2.05) is 19.1 Å². The van der Waals surface area contributed by atoms with Gasteiger partial charge in [-0.1, -0.05) is 19.1 Å². The Balaban J connectivity index is 2.09. The van der Waals surface area contributed by atoms with Crippen molar-refractivity contribution in [3.8, 4) is 0 Å². The lowest BCUT2D eigenvalue weighted by atomic mass is 10.2. The smallest absolute Gasteiger partial charge is 0.409 e. The second kappa shape index (κ2) is 7.79. The summed E-state index contributed by atoms with van der Waals surface area (Å²) in [7, 11) is -3.52. The summed E-state index contributed by atoms with van der Waals surface area (Å²) in [4.78, 5) is 13.7. The van der Waals surface area contributed by atoms with E-state index < -0.39 is 10.0 Å². The van der Waals surface area contributed by atoms with Crippen LogP contribution in [0.15, 0.2) is 29.2 Å². The van der Waals surface area contributed by atoms with Gasteiger partial charge in [-0.15, -0.1) is 0 Å². The molecule has 1 aliphatic rings. The zero-order chi connectivity index (χ0) is 16.9. The highest BCUT2D eigenvalue weighted by Gasteiger charge is 2.28. The topological polar surface area (TPSA) is 66.9 Å². The van der Waals surface area contributed by atoms with Crippen molar-refractivity contribution in [2.24, 2.45) is 0 Å². The van der Waals surface area contributed by atoms with Gasteiger partial charge in [-0.3, -0.25) is 0 Å². The summed E-state index contributed by atoms with van der Waals surface area (Å²) < 4.78 is 31.9. The summed E-state index contributed by atoms with van der Waals surface area (Å²) in [5, 5.41) is 0. The Morgan fingerprint density at radius 2 is 1.78 bits per heavy atom. The second-order valence-corrected chi connectivity index (χ2v) is 7.38. The van der Waals surface area contributed by atoms with Gasteiger partial charge in [0, 0.05) is 26.2 Å². The zero-order valence-electron chi connectivity index (χ0n) is 13.7. The number of carbonyl (C=O) groups is 1. The van der Waals surface area contributed by atoms with Gasteiger partial charge in [0.1, 0.15) is 0 Å². The normalized spacial score (nSPS) is 16.9. The maximum atomic E-state index is 12.7. The van der Waals surface area contributed by atoms with E-state index in [1.165, 1.54) is 4.31 Å². The Morgan fingerprint density at radius 3 is 2.39 bits per heavy atom. The van der Waals surface area contributed by atoms with E-state index in [9.17, 15) is 13.2 Å². The summed E-state index contributed by atoms with van der Waals surface area (Å²) in [6.07, 6.45) is 1.10. The molecule has 0 aliphatic carbocycles. The third-order valence-electron chi connectivity index (χ3n) is 3.95. The van der Waals surface area contributed by atoms with Crippen LogP contribution in [0.4, 0.5) is 4.79 Å². The van der Waals surface area contributed by atoms with Gasteiger partial charge >= 0.3 is 6.09 Å². The summed E-state index contributed by atoms with van der Waals surface area (Å²) in [6, 6.07) is 7.00. The van der Waals surface area contributed by atoms with Gasteiger partial charge in [0.2, 0.25) is 10.0 Å². The first-order valence-electron chi connectivity index (χ1n) is 7.99. The first-order chi connectivity index (χ1) is 11.0. The molecule has 1 aliphatic heterocycles. The predicted molar refractivity (Wildman–Crippen MR) is 87.8 cm³/mol. The average Bonchev–Trinajstić information content (AvgIpc) is 2.82. The Bertz CT molecular complexity index is 628. The Morgan fingerprint density at radius 1 is 1.09 bits per heavy atom. The van der Waals surface area contributed by atoms with Crippen molar-refractivity contribution in [2.45, 2.75) is 31.6 Å². The molecule has 1 fully saturated rings. The average molecular weight is 340 g/mol. The number of hydrogen-bond donors (Lipinski definition) is 0. The molecule has 0 N–H and O–H groups in total. The Labute approximate surface area is 138 Å². The Hall–Kier alpha value is -1.60. The lowest BCUT2D eigenvalue weighted by molar-refractivity contribution is 0.109. The lowest BCUT2D eigenvalue weighted by Gasteiger charge is -2.21. The van der Waals surface area contributed by atoms with Crippen LogP contribution in [0.1, 0.15) is 25.8 Å². The van der Waals surface area contributed by atoms with Gasteiger partial charge < -0.3 is 9.64 Å². The van der Waals surface area contributed by atoms with Gasteiger partial charge in [-0.2, -0.15) is 4.31 Å². The summed E-state index contributed by atoms with van der Waals surface area (Å²) in [5.41, 5.74) is 1.10. The van der Waals surface area contributed by atoms with Gasteiger partial charge in [0.05, 0.1) is 11.5 Å². The van der Waals surface area contributed by atoms with Crippen LogP contribution in [0.5, 0.6) is 0 Å². The molecule has 1 heterocycles. The molecule has 2 rings (SSSR count). The monoisotopic (exact) mass is 340 g/mol. The van der Waals surface area contributed by atoms with E-state index in [1.54, 1.807) is 24.0 Å². The first kappa shape index (κ1) is 17.7. The van der Waals surface area contributed by atoms with Crippen molar-refractivity contribution >= 4 is 16.1 Å². The second-order valence-electron chi connectivity index (χ2n) is 5.44. The fourth-order valence-electron chi connectivity index (χ4n) is 2.58. The van der Waals surface area contributed by atoms with Crippen LogP contribution in [0.2, 0.25) is 0 Å². The molecular formula is C16H24N2O4S. The maximum absolute atomic E-state index is 12.7. The molecule has 0 bridgehead atoms. The number of ether oxygens (including phenoxy) is 1. The third kappa shape index (κ3) is 4.23. The fourth-order valence-corrected chi connectivity index (χ4v) is 4.05. The minimum Gasteiger partial charge on any atom is -0.450 e. The summed E-state index contributed by atoms with van der Waals surface area (Å²) >= 11 is 0. The SMILES string of the molecule is CCOC(=O)N1CCCN(S(=O)(=O)c2ccc(CC)cc2)CC1. The van der Waals surface area contributed by atoms with Gasteiger partial charge in [-0.25, -0.2) is 13.2 Å². The molecule has 0 atom stereocenters. The number of amides is 1. The molecule has 6 nitrogen and oxygen atoms in total. The highest BCUT2D eigenvalue weighted by Crippen LogP contribution is 2.19. The molecule has 1 saturated heterocycles. The number of nitrogens with zero attached hydrogens (tertiary/aromatic N) is 2. The molecule has 1 aromatic carbocycles. The first-order valence-corrected chi connectivity index (χ1v) is 9.43. The minimum absolute atomic E-state index is 0.288. The number of rotatable bonds is 4. The molecule has 0 aromatic heterocycles. The standard InChI is InChI=1S/C16H24N2O4S/c1-3-14-6-8-15(9-7-14)23(20,21)18-11-5-10-17(12-13-18)16(19)22-4-2/h6-9H,3-5,10-13H2,1-2H3. The van der Waals surface area contributed by atoms with Crippen molar-refractivity contribution < 1.29 is 17.9 Å². The Kier molecular flexibility index (Phi) is 6.01. The molecule has 0 spiro atoms. The van der Waals surface area contributed by atoms with Crippen LogP contribution >= 0.6 is 0 Å². The highest BCUT2D eigenvalue weighted by atomic mass is 32.2. The van der Waals surface area contributed by atoms with Crippen molar-refractivity contribution in [3.63, 3.8) is 0 Å². The summed E-state index contributed by atoms with van der Waals surface area (Å²) in [6.45, 7) is 5.67. The van der Waals surface area contributed by atoms with E-state index in [0.717, 1.165) is 12.0 Å². The molecule has 0 radical (unpaired) electrons. The lowest BCUT2D eigenvalue weighted by Crippen LogP contribution is -2.37. The van der Waals surface area contributed by atoms with Crippen LogP contribution < -0.4 is 0 Å². The summed E-state index contributed by atoms with van der Waals surface area (Å²) in [5.74, 6) is 0. The van der Waals surface area contributed by atoms with Gasteiger partial charge in [-0.05, 0) is 37.5 Å². The molecule has 7 heteroatoms. The highest BCUT2D eigenvalue weighted by molar-refractivity contribution is 7.89. The number of hydrogen-bond acceptors (Lipinski definition) is 4. The number of sulfonamides is 1. The van der Waals surface area contributed by atoms with E-state index >= 15 is 0 Å². The van der Waals surface area contributed by atoms with Crippen molar-refractivity contribution in [1.29, 1.82) is 0 Å².